The maximum absolute atomic E-state index is 3.57. The molecule has 1 spiro atoms. The second kappa shape index (κ2) is 1.96. The van der Waals surface area contributed by atoms with E-state index in [9.17, 15) is 0 Å². The van der Waals surface area contributed by atoms with Gasteiger partial charge in [0, 0.05) is 12.1 Å². The zero-order valence-corrected chi connectivity index (χ0v) is 5.74. The molecule has 0 saturated carbocycles. The van der Waals surface area contributed by atoms with Crippen molar-refractivity contribution >= 4 is 0 Å². The molecule has 2 heteroatoms. The topological polar surface area (TPSA) is 24.1 Å². The molecule has 1 unspecified atom stereocenters. The zero-order valence-electron chi connectivity index (χ0n) is 5.74. The molecule has 2 N–H and O–H groups in total. The first-order valence-corrected chi connectivity index (χ1v) is 3.87. The van der Waals surface area contributed by atoms with Crippen molar-refractivity contribution in [1.29, 1.82) is 0 Å². The van der Waals surface area contributed by atoms with Crippen LogP contribution >= 0.6 is 0 Å². The highest BCUT2D eigenvalue weighted by Crippen LogP contribution is 2.24. The van der Waals surface area contributed by atoms with Crippen LogP contribution in [-0.4, -0.2) is 25.2 Å². The molecular weight excluding hydrogens is 112 g/mol. The Morgan fingerprint density at radius 2 is 2.11 bits per heavy atom. The largest absolute Gasteiger partial charge is 0.315 e. The van der Waals surface area contributed by atoms with E-state index in [1.165, 1.54) is 38.9 Å². The molecule has 0 aromatic carbocycles. The van der Waals surface area contributed by atoms with Gasteiger partial charge in [0.2, 0.25) is 0 Å². The van der Waals surface area contributed by atoms with E-state index in [2.05, 4.69) is 10.6 Å². The lowest BCUT2D eigenvalue weighted by atomic mass is 9.97. The normalized spacial score (nSPS) is 42.7. The van der Waals surface area contributed by atoms with Gasteiger partial charge in [0.05, 0.1) is 0 Å². The average Bonchev–Trinajstić information content (AvgIpc) is 2.45. The standard InChI is InChI=1S/C7H14N2/c1-2-7(9-4-1)3-5-8-6-7/h8-9H,1-6H2. The molecule has 0 aromatic rings. The fraction of sp³-hybridized carbons (Fsp3) is 1.00. The summed E-state index contributed by atoms with van der Waals surface area (Å²) in [4.78, 5) is 0. The quantitative estimate of drug-likeness (QED) is 0.481. The van der Waals surface area contributed by atoms with Crippen molar-refractivity contribution in [3.8, 4) is 0 Å². The van der Waals surface area contributed by atoms with Gasteiger partial charge in [-0.15, -0.1) is 0 Å². The van der Waals surface area contributed by atoms with Crippen LogP contribution in [0.3, 0.4) is 0 Å². The molecule has 0 bridgehead atoms. The van der Waals surface area contributed by atoms with Crippen LogP contribution < -0.4 is 10.6 Å². The number of hydrogen-bond acceptors (Lipinski definition) is 2. The fourth-order valence-corrected chi connectivity index (χ4v) is 1.98. The Bertz CT molecular complexity index is 82.0. The number of nitrogens with one attached hydrogen (secondary N) is 2. The van der Waals surface area contributed by atoms with Gasteiger partial charge < -0.3 is 10.6 Å². The molecule has 2 heterocycles. The van der Waals surface area contributed by atoms with Gasteiger partial charge in [-0.3, -0.25) is 0 Å². The van der Waals surface area contributed by atoms with E-state index < -0.39 is 0 Å². The second-order valence-corrected chi connectivity index (χ2v) is 3.24. The van der Waals surface area contributed by atoms with Gasteiger partial charge in [-0.05, 0) is 32.4 Å². The Morgan fingerprint density at radius 1 is 1.11 bits per heavy atom. The van der Waals surface area contributed by atoms with Crippen LogP contribution in [0.1, 0.15) is 19.3 Å². The maximum atomic E-state index is 3.57. The van der Waals surface area contributed by atoms with Crippen LogP contribution in [0.4, 0.5) is 0 Å². The summed E-state index contributed by atoms with van der Waals surface area (Å²) < 4.78 is 0. The highest BCUT2D eigenvalue weighted by atomic mass is 15.1. The van der Waals surface area contributed by atoms with Gasteiger partial charge in [0.15, 0.2) is 0 Å². The molecule has 0 radical (unpaired) electrons. The lowest BCUT2D eigenvalue weighted by Crippen LogP contribution is -2.41. The van der Waals surface area contributed by atoms with Crippen molar-refractivity contribution in [3.05, 3.63) is 0 Å². The third kappa shape index (κ3) is 0.864. The van der Waals surface area contributed by atoms with E-state index >= 15 is 0 Å². The first kappa shape index (κ1) is 5.69. The van der Waals surface area contributed by atoms with Crippen molar-refractivity contribution in [2.24, 2.45) is 0 Å². The van der Waals surface area contributed by atoms with Gasteiger partial charge in [-0.2, -0.15) is 0 Å². The van der Waals surface area contributed by atoms with Gasteiger partial charge in [-0.25, -0.2) is 0 Å². The third-order valence-electron chi connectivity index (χ3n) is 2.58. The molecular formula is C7H14N2. The van der Waals surface area contributed by atoms with Crippen LogP contribution in [0.5, 0.6) is 0 Å². The lowest BCUT2D eigenvalue weighted by Gasteiger charge is -2.21. The first-order chi connectivity index (χ1) is 4.41. The van der Waals surface area contributed by atoms with Crippen molar-refractivity contribution in [2.45, 2.75) is 24.8 Å². The molecule has 52 valence electrons. The molecule has 2 rings (SSSR count). The van der Waals surface area contributed by atoms with Gasteiger partial charge in [0.25, 0.3) is 0 Å². The molecule has 2 saturated heterocycles. The lowest BCUT2D eigenvalue weighted by molar-refractivity contribution is 0.414. The van der Waals surface area contributed by atoms with Crippen molar-refractivity contribution < 1.29 is 0 Å². The smallest absolute Gasteiger partial charge is 0.0318 e. The van der Waals surface area contributed by atoms with Crippen molar-refractivity contribution in [3.63, 3.8) is 0 Å². The minimum absolute atomic E-state index is 0.528. The number of hydrogen-bond donors (Lipinski definition) is 2. The summed E-state index contributed by atoms with van der Waals surface area (Å²) >= 11 is 0. The first-order valence-electron chi connectivity index (χ1n) is 3.87. The van der Waals surface area contributed by atoms with Crippen LogP contribution in [-0.2, 0) is 0 Å². The zero-order chi connectivity index (χ0) is 6.16. The van der Waals surface area contributed by atoms with E-state index in [1.807, 2.05) is 0 Å². The minimum Gasteiger partial charge on any atom is -0.315 e. The summed E-state index contributed by atoms with van der Waals surface area (Å²) in [5, 5.41) is 6.96. The predicted molar refractivity (Wildman–Crippen MR) is 37.5 cm³/mol. The Kier molecular flexibility index (Phi) is 1.24. The Balaban J connectivity index is 2.04. The molecule has 1 atom stereocenters. The van der Waals surface area contributed by atoms with Crippen LogP contribution in [0.25, 0.3) is 0 Å². The van der Waals surface area contributed by atoms with E-state index in [0.717, 1.165) is 0 Å². The molecule has 2 fully saturated rings. The van der Waals surface area contributed by atoms with Crippen LogP contribution in [0, 0.1) is 0 Å². The highest BCUT2D eigenvalue weighted by molar-refractivity contribution is 4.98. The van der Waals surface area contributed by atoms with Gasteiger partial charge >= 0.3 is 0 Å². The monoisotopic (exact) mass is 126 g/mol. The third-order valence-corrected chi connectivity index (χ3v) is 2.58. The Hall–Kier alpha value is -0.0800. The average molecular weight is 126 g/mol. The summed E-state index contributed by atoms with van der Waals surface area (Å²) in [6.45, 7) is 3.65. The summed E-state index contributed by atoms with van der Waals surface area (Å²) in [6, 6.07) is 0. The van der Waals surface area contributed by atoms with Crippen molar-refractivity contribution in [1.82, 2.24) is 10.6 Å². The molecule has 9 heavy (non-hydrogen) atoms. The summed E-state index contributed by atoms with van der Waals surface area (Å²) in [5.74, 6) is 0. The molecule has 2 aliphatic rings. The fourth-order valence-electron chi connectivity index (χ4n) is 1.98. The SMILES string of the molecule is C1CNC2(C1)CCNC2. The molecule has 0 aromatic heterocycles. The highest BCUT2D eigenvalue weighted by Gasteiger charge is 2.35. The van der Waals surface area contributed by atoms with Gasteiger partial charge in [-0.1, -0.05) is 0 Å². The molecule has 2 aliphatic heterocycles. The Morgan fingerprint density at radius 3 is 2.67 bits per heavy atom. The molecule has 0 amide bonds. The van der Waals surface area contributed by atoms with E-state index in [0.29, 0.717) is 5.54 Å². The van der Waals surface area contributed by atoms with Crippen molar-refractivity contribution in [2.75, 3.05) is 19.6 Å². The van der Waals surface area contributed by atoms with Gasteiger partial charge in [0.1, 0.15) is 0 Å². The van der Waals surface area contributed by atoms with E-state index in [4.69, 9.17) is 0 Å². The maximum Gasteiger partial charge on any atom is 0.0318 e. The summed E-state index contributed by atoms with van der Waals surface area (Å²) in [5.41, 5.74) is 0.528. The van der Waals surface area contributed by atoms with Crippen LogP contribution in [0.15, 0.2) is 0 Å². The summed E-state index contributed by atoms with van der Waals surface area (Å²) in [7, 11) is 0. The molecule has 2 nitrogen and oxygen atoms in total. The van der Waals surface area contributed by atoms with E-state index in [1.54, 1.807) is 0 Å². The predicted octanol–water partition coefficient (Wildman–Crippen LogP) is 0.102. The van der Waals surface area contributed by atoms with E-state index in [-0.39, 0.29) is 0 Å². The second-order valence-electron chi connectivity index (χ2n) is 3.24. The Labute approximate surface area is 56.0 Å². The van der Waals surface area contributed by atoms with Crippen LogP contribution in [0.2, 0.25) is 0 Å². The number of rotatable bonds is 0. The molecule has 0 aliphatic carbocycles. The minimum atomic E-state index is 0.528. The summed E-state index contributed by atoms with van der Waals surface area (Å²) in [6.07, 6.45) is 4.11.